The van der Waals surface area contributed by atoms with E-state index in [2.05, 4.69) is 15.9 Å². The fraction of sp³-hybridized carbons (Fsp3) is 0.450. The van der Waals surface area contributed by atoms with Gasteiger partial charge in [0.2, 0.25) is 5.91 Å². The summed E-state index contributed by atoms with van der Waals surface area (Å²) in [5.74, 6) is -0.709. The van der Waals surface area contributed by atoms with Crippen molar-refractivity contribution in [2.45, 2.75) is 51.0 Å². The van der Waals surface area contributed by atoms with Crippen LogP contribution in [0.15, 0.2) is 40.9 Å². The van der Waals surface area contributed by atoms with Crippen LogP contribution in [0, 0.1) is 0 Å². The normalized spacial score (nSPS) is 17.2. The van der Waals surface area contributed by atoms with Crippen LogP contribution in [0.5, 0.6) is 0 Å². The van der Waals surface area contributed by atoms with Gasteiger partial charge in [-0.15, -0.1) is 0 Å². The molecule has 1 heterocycles. The first-order valence-corrected chi connectivity index (χ1v) is 9.76. The zero-order chi connectivity index (χ0) is 18.9. The molecule has 0 bridgehead atoms. The third-order valence-electron chi connectivity index (χ3n) is 4.49. The molecule has 1 aliphatic heterocycles. The number of amides is 1. The van der Waals surface area contributed by atoms with Gasteiger partial charge in [0.25, 0.3) is 0 Å². The van der Waals surface area contributed by atoms with Gasteiger partial charge in [-0.1, -0.05) is 47.0 Å². The Hall–Kier alpha value is -1.95. The van der Waals surface area contributed by atoms with Crippen molar-refractivity contribution in [3.63, 3.8) is 0 Å². The number of allylic oxidation sites excluding steroid dienone is 1. The molecule has 1 N–H and O–H groups in total. The monoisotopic (exact) mass is 421 g/mol. The second kappa shape index (κ2) is 10.3. The Morgan fingerprint density at radius 2 is 2.00 bits per heavy atom. The predicted molar refractivity (Wildman–Crippen MR) is 103 cm³/mol. The summed E-state index contributed by atoms with van der Waals surface area (Å²) >= 11 is 3.36. The van der Waals surface area contributed by atoms with Crippen LogP contribution in [0.2, 0.25) is 0 Å². The number of nitrogens with zero attached hydrogens (tertiary/aromatic N) is 1. The number of aliphatic carboxylic acids is 1. The highest BCUT2D eigenvalue weighted by atomic mass is 79.9. The number of ketones is 1. The summed E-state index contributed by atoms with van der Waals surface area (Å²) in [6, 6.07) is 7.21. The molecule has 5 nitrogen and oxygen atoms in total. The Kier molecular flexibility index (Phi) is 8.04. The lowest BCUT2D eigenvalue weighted by atomic mass is 10.1. The van der Waals surface area contributed by atoms with Crippen molar-refractivity contribution in [2.75, 3.05) is 6.54 Å². The van der Waals surface area contributed by atoms with E-state index >= 15 is 0 Å². The predicted octanol–water partition coefficient (Wildman–Crippen LogP) is 4.21. The lowest BCUT2D eigenvalue weighted by Gasteiger charge is -2.22. The summed E-state index contributed by atoms with van der Waals surface area (Å²) in [6.45, 7) is 0.659. The van der Waals surface area contributed by atoms with Gasteiger partial charge in [0.15, 0.2) is 5.78 Å². The van der Waals surface area contributed by atoms with Crippen LogP contribution in [-0.2, 0) is 9.59 Å². The van der Waals surface area contributed by atoms with Gasteiger partial charge < -0.3 is 10.0 Å². The van der Waals surface area contributed by atoms with Crippen molar-refractivity contribution in [3.05, 3.63) is 46.5 Å². The van der Waals surface area contributed by atoms with Crippen LogP contribution in [0.4, 0.5) is 0 Å². The number of hydrogen-bond donors (Lipinski definition) is 1. The minimum Gasteiger partial charge on any atom is -0.481 e. The van der Waals surface area contributed by atoms with Crippen molar-refractivity contribution in [1.29, 1.82) is 0 Å². The highest BCUT2D eigenvalue weighted by Gasteiger charge is 2.28. The highest BCUT2D eigenvalue weighted by molar-refractivity contribution is 9.10. The number of halogens is 1. The number of likely N-dealkylation sites (tertiary alicyclic amines) is 1. The lowest BCUT2D eigenvalue weighted by Crippen LogP contribution is -2.32. The molecule has 0 unspecified atom stereocenters. The fourth-order valence-electron chi connectivity index (χ4n) is 3.09. The zero-order valence-corrected chi connectivity index (χ0v) is 16.3. The quantitative estimate of drug-likeness (QED) is 0.348. The third-order valence-corrected chi connectivity index (χ3v) is 4.99. The van der Waals surface area contributed by atoms with E-state index in [0.29, 0.717) is 24.9 Å². The molecule has 1 amide bonds. The Bertz CT molecular complexity index is 686. The van der Waals surface area contributed by atoms with E-state index in [1.54, 1.807) is 18.2 Å². The van der Waals surface area contributed by atoms with Crippen molar-refractivity contribution < 1.29 is 19.5 Å². The maximum absolute atomic E-state index is 12.3. The second-order valence-electron chi connectivity index (χ2n) is 6.48. The van der Waals surface area contributed by atoms with Gasteiger partial charge in [0.1, 0.15) is 0 Å². The first-order valence-electron chi connectivity index (χ1n) is 8.97. The molecule has 1 saturated heterocycles. The van der Waals surface area contributed by atoms with E-state index in [1.165, 1.54) is 0 Å². The van der Waals surface area contributed by atoms with Gasteiger partial charge >= 0.3 is 5.97 Å². The smallest absolute Gasteiger partial charge is 0.303 e. The molecule has 1 atom stereocenters. The van der Waals surface area contributed by atoms with Gasteiger partial charge in [-0.05, 0) is 37.5 Å². The number of unbranched alkanes of at least 4 members (excludes halogenated alkanes) is 3. The van der Waals surface area contributed by atoms with Gasteiger partial charge in [-0.3, -0.25) is 14.4 Å². The molecule has 1 aromatic carbocycles. The summed E-state index contributed by atoms with van der Waals surface area (Å²) in [5.41, 5.74) is 0.616. The van der Waals surface area contributed by atoms with E-state index in [9.17, 15) is 14.4 Å². The Labute approximate surface area is 162 Å². The molecule has 0 radical (unpaired) electrons. The standard InChI is InChI=1S/C20H24BrNO4/c21-16-7-5-6-15(14-16)18(23)11-9-17-10-12-19(24)22(17)13-4-2-1-3-8-20(25)26/h5-7,9,11,14,17H,1-4,8,10,12-13H2,(H,25,26)/b11-9+/t17-/m0/s1. The van der Waals surface area contributed by atoms with Gasteiger partial charge in [-0.25, -0.2) is 0 Å². The van der Waals surface area contributed by atoms with Gasteiger partial charge in [0, 0.05) is 29.4 Å². The molecule has 0 saturated carbocycles. The molecule has 0 spiro atoms. The lowest BCUT2D eigenvalue weighted by molar-refractivity contribution is -0.137. The van der Waals surface area contributed by atoms with Crippen molar-refractivity contribution >= 4 is 33.6 Å². The topological polar surface area (TPSA) is 74.7 Å². The van der Waals surface area contributed by atoms with E-state index in [0.717, 1.165) is 30.2 Å². The molecule has 0 aliphatic carbocycles. The van der Waals surface area contributed by atoms with E-state index in [-0.39, 0.29) is 24.2 Å². The van der Waals surface area contributed by atoms with Crippen molar-refractivity contribution in [3.8, 4) is 0 Å². The number of benzene rings is 1. The van der Waals surface area contributed by atoms with Crippen LogP contribution in [0.3, 0.4) is 0 Å². The van der Waals surface area contributed by atoms with E-state index in [1.807, 2.05) is 23.1 Å². The molecule has 0 aromatic heterocycles. The van der Waals surface area contributed by atoms with E-state index < -0.39 is 5.97 Å². The van der Waals surface area contributed by atoms with Crippen LogP contribution >= 0.6 is 15.9 Å². The molecule has 2 rings (SSSR count). The Morgan fingerprint density at radius 3 is 2.73 bits per heavy atom. The van der Waals surface area contributed by atoms with Crippen molar-refractivity contribution in [2.24, 2.45) is 0 Å². The molecule has 26 heavy (non-hydrogen) atoms. The summed E-state index contributed by atoms with van der Waals surface area (Å²) in [6.07, 6.45) is 8.14. The minimum atomic E-state index is -0.764. The number of carbonyl (C=O) groups excluding carboxylic acids is 2. The maximum atomic E-state index is 12.3. The number of carboxylic acids is 1. The highest BCUT2D eigenvalue weighted by Crippen LogP contribution is 2.21. The summed E-state index contributed by atoms with van der Waals surface area (Å²) in [7, 11) is 0. The van der Waals surface area contributed by atoms with Crippen LogP contribution in [0.25, 0.3) is 0 Å². The largest absolute Gasteiger partial charge is 0.481 e. The average molecular weight is 422 g/mol. The Balaban J connectivity index is 1.82. The van der Waals surface area contributed by atoms with Crippen LogP contribution in [-0.4, -0.2) is 40.3 Å². The molecule has 1 fully saturated rings. The number of carbonyl (C=O) groups is 3. The van der Waals surface area contributed by atoms with Crippen LogP contribution < -0.4 is 0 Å². The van der Waals surface area contributed by atoms with Crippen LogP contribution in [0.1, 0.15) is 55.3 Å². The molecule has 1 aliphatic rings. The van der Waals surface area contributed by atoms with Crippen molar-refractivity contribution in [1.82, 2.24) is 4.90 Å². The fourth-order valence-corrected chi connectivity index (χ4v) is 3.49. The SMILES string of the molecule is O=C(O)CCCCCCN1C(=O)CC[C@@H]1/C=C/C(=O)c1cccc(Br)c1. The maximum Gasteiger partial charge on any atom is 0.303 e. The van der Waals surface area contributed by atoms with E-state index in [4.69, 9.17) is 5.11 Å². The molecular weight excluding hydrogens is 398 g/mol. The summed E-state index contributed by atoms with van der Waals surface area (Å²) in [4.78, 5) is 36.7. The first-order chi connectivity index (χ1) is 12.5. The summed E-state index contributed by atoms with van der Waals surface area (Å²) < 4.78 is 0.859. The first kappa shape index (κ1) is 20.4. The zero-order valence-electron chi connectivity index (χ0n) is 14.7. The molecule has 1 aromatic rings. The third kappa shape index (κ3) is 6.41. The minimum absolute atomic E-state index is 0.0300. The molecular formula is C20H24BrNO4. The Morgan fingerprint density at radius 1 is 1.23 bits per heavy atom. The second-order valence-corrected chi connectivity index (χ2v) is 7.40. The number of hydrogen-bond acceptors (Lipinski definition) is 3. The number of carboxylic acid groups (broad SMARTS) is 1. The van der Waals surface area contributed by atoms with Gasteiger partial charge in [0.05, 0.1) is 6.04 Å². The molecule has 6 heteroatoms. The van der Waals surface area contributed by atoms with Gasteiger partial charge in [-0.2, -0.15) is 0 Å². The summed E-state index contributed by atoms with van der Waals surface area (Å²) in [5, 5.41) is 8.62. The number of rotatable bonds is 10. The molecule has 140 valence electrons. The average Bonchev–Trinajstić information content (AvgIpc) is 2.95.